The van der Waals surface area contributed by atoms with Crippen molar-refractivity contribution < 1.29 is 14.3 Å². The van der Waals surface area contributed by atoms with Gasteiger partial charge in [-0.05, 0) is 30.2 Å². The number of H-pyrrole nitrogens is 1. The molecule has 5 rings (SSSR count). The summed E-state index contributed by atoms with van der Waals surface area (Å²) >= 11 is 1.47. The number of piperazine rings is 1. The van der Waals surface area contributed by atoms with Crippen LogP contribution in [0, 0.1) is 6.92 Å². The lowest BCUT2D eigenvalue weighted by molar-refractivity contribution is -0.130. The predicted molar refractivity (Wildman–Crippen MR) is 139 cm³/mol. The summed E-state index contributed by atoms with van der Waals surface area (Å²) in [6, 6.07) is 13.8. The first kappa shape index (κ1) is 23.9. The molecule has 1 saturated heterocycles. The maximum atomic E-state index is 13.4. The van der Waals surface area contributed by atoms with Crippen LogP contribution in [0.3, 0.4) is 0 Å². The highest BCUT2D eigenvalue weighted by atomic mass is 32.2. The van der Waals surface area contributed by atoms with E-state index < -0.39 is 0 Å². The van der Waals surface area contributed by atoms with E-state index in [1.807, 2.05) is 55.6 Å². The van der Waals surface area contributed by atoms with Crippen LogP contribution >= 0.6 is 11.8 Å². The van der Waals surface area contributed by atoms with Crippen molar-refractivity contribution in [1.29, 1.82) is 0 Å². The normalized spacial score (nSPS) is 13.8. The van der Waals surface area contributed by atoms with Crippen LogP contribution in [0.5, 0.6) is 5.75 Å². The third-order valence-corrected chi connectivity index (χ3v) is 7.46. The highest BCUT2D eigenvalue weighted by molar-refractivity contribution is 7.99. The summed E-state index contributed by atoms with van der Waals surface area (Å²) in [6.07, 6.45) is 3.67. The largest absolute Gasteiger partial charge is 0.496 e. The van der Waals surface area contributed by atoms with Crippen LogP contribution in [0.1, 0.15) is 22.8 Å². The fourth-order valence-electron chi connectivity index (χ4n) is 4.38. The van der Waals surface area contributed by atoms with Crippen LogP contribution in [0.25, 0.3) is 22.3 Å². The Labute approximate surface area is 213 Å². The highest BCUT2D eigenvalue weighted by Crippen LogP contribution is 2.36. The van der Waals surface area contributed by atoms with Crippen LogP contribution in [0.4, 0.5) is 0 Å². The van der Waals surface area contributed by atoms with E-state index in [4.69, 9.17) is 9.72 Å². The Morgan fingerprint density at radius 1 is 1.06 bits per heavy atom. The van der Waals surface area contributed by atoms with Gasteiger partial charge < -0.3 is 19.5 Å². The number of amides is 2. The molecule has 1 fully saturated rings. The summed E-state index contributed by atoms with van der Waals surface area (Å²) in [5.74, 6) is 0.467. The van der Waals surface area contributed by atoms with Crippen LogP contribution in [-0.4, -0.2) is 69.9 Å². The van der Waals surface area contributed by atoms with Gasteiger partial charge in [0.15, 0.2) is 5.65 Å². The van der Waals surface area contributed by atoms with Gasteiger partial charge in [0.25, 0.3) is 5.91 Å². The molecule has 184 valence electrons. The van der Waals surface area contributed by atoms with Crippen molar-refractivity contribution in [3.8, 4) is 16.9 Å². The number of aryl methyl sites for hydroxylation is 1. The number of carbonyl (C=O) groups is 2. The van der Waals surface area contributed by atoms with Crippen molar-refractivity contribution in [2.24, 2.45) is 0 Å². The summed E-state index contributed by atoms with van der Waals surface area (Å²) in [5, 5.41) is 0.737. The molecular formula is C27H27N5O3S. The van der Waals surface area contributed by atoms with E-state index in [1.54, 1.807) is 30.0 Å². The summed E-state index contributed by atoms with van der Waals surface area (Å²) in [5.41, 5.74) is 5.07. The van der Waals surface area contributed by atoms with Gasteiger partial charge in [-0.25, -0.2) is 9.97 Å². The lowest BCUT2D eigenvalue weighted by atomic mass is 10.1. The number of benzene rings is 2. The van der Waals surface area contributed by atoms with Crippen molar-refractivity contribution in [2.45, 2.75) is 23.8 Å². The second kappa shape index (κ2) is 10.0. The van der Waals surface area contributed by atoms with Crippen molar-refractivity contribution >= 4 is 34.7 Å². The number of carbonyl (C=O) groups excluding carboxylic acids is 2. The monoisotopic (exact) mass is 501 g/mol. The van der Waals surface area contributed by atoms with Crippen molar-refractivity contribution in [2.75, 3.05) is 33.3 Å². The lowest BCUT2D eigenvalue weighted by Gasteiger charge is -2.34. The molecule has 9 heteroatoms. The van der Waals surface area contributed by atoms with Gasteiger partial charge in [-0.3, -0.25) is 9.59 Å². The van der Waals surface area contributed by atoms with E-state index in [9.17, 15) is 9.59 Å². The maximum Gasteiger partial charge on any atom is 0.257 e. The molecule has 4 aromatic rings. The molecule has 8 nitrogen and oxygen atoms in total. The van der Waals surface area contributed by atoms with Gasteiger partial charge in [0.2, 0.25) is 5.91 Å². The third-order valence-electron chi connectivity index (χ3n) is 6.40. The molecule has 0 aliphatic carbocycles. The first-order valence-electron chi connectivity index (χ1n) is 11.8. The molecule has 0 spiro atoms. The maximum absolute atomic E-state index is 13.4. The number of ether oxygens (including phenoxy) is 1. The summed E-state index contributed by atoms with van der Waals surface area (Å²) in [4.78, 5) is 42.2. The van der Waals surface area contributed by atoms with E-state index in [0.29, 0.717) is 37.5 Å². The van der Waals surface area contributed by atoms with Gasteiger partial charge in [-0.2, -0.15) is 0 Å². The topological polar surface area (TPSA) is 91.4 Å². The second-order valence-corrected chi connectivity index (χ2v) is 9.75. The quantitative estimate of drug-likeness (QED) is 0.436. The third kappa shape index (κ3) is 4.66. The van der Waals surface area contributed by atoms with Crippen LogP contribution in [-0.2, 0) is 4.79 Å². The van der Waals surface area contributed by atoms with E-state index >= 15 is 0 Å². The molecule has 0 unspecified atom stereocenters. The molecule has 0 saturated carbocycles. The lowest BCUT2D eigenvalue weighted by Crippen LogP contribution is -2.50. The van der Waals surface area contributed by atoms with E-state index in [-0.39, 0.29) is 11.8 Å². The number of aromatic nitrogens is 3. The number of hydrogen-bond donors (Lipinski definition) is 1. The molecule has 1 N–H and O–H groups in total. The van der Waals surface area contributed by atoms with Gasteiger partial charge in [0.1, 0.15) is 16.3 Å². The zero-order valence-corrected chi connectivity index (χ0v) is 21.3. The SMILES string of the molecule is COc1cc(C)c(Sc2cnc3[nH]cc(-c4ccccc4)c3n2)cc1C(=O)N1CCN(C(C)=O)CC1. The molecule has 36 heavy (non-hydrogen) atoms. The second-order valence-electron chi connectivity index (χ2n) is 8.69. The average molecular weight is 502 g/mol. The van der Waals surface area contributed by atoms with Crippen molar-refractivity contribution in [1.82, 2.24) is 24.8 Å². The fraction of sp³-hybridized carbons (Fsp3) is 0.259. The number of hydrogen-bond acceptors (Lipinski definition) is 6. The van der Waals surface area contributed by atoms with Crippen LogP contribution in [0.2, 0.25) is 0 Å². The number of nitrogens with one attached hydrogen (secondary N) is 1. The Hall–Kier alpha value is -3.85. The Morgan fingerprint density at radius 3 is 2.47 bits per heavy atom. The Balaban J connectivity index is 1.44. The van der Waals surface area contributed by atoms with Gasteiger partial charge in [0.05, 0.1) is 18.9 Å². The molecule has 2 aromatic carbocycles. The first-order chi connectivity index (χ1) is 17.4. The zero-order chi connectivity index (χ0) is 25.2. The van der Waals surface area contributed by atoms with E-state index in [0.717, 1.165) is 37.8 Å². The molecule has 0 bridgehead atoms. The van der Waals surface area contributed by atoms with Gasteiger partial charge in [0, 0.05) is 49.8 Å². The smallest absolute Gasteiger partial charge is 0.257 e. The number of rotatable bonds is 5. The van der Waals surface area contributed by atoms with Gasteiger partial charge in [-0.15, -0.1) is 0 Å². The highest BCUT2D eigenvalue weighted by Gasteiger charge is 2.26. The fourth-order valence-corrected chi connectivity index (χ4v) is 5.24. The van der Waals surface area contributed by atoms with E-state index in [1.165, 1.54) is 11.8 Å². The molecular weight excluding hydrogens is 474 g/mol. The Kier molecular flexibility index (Phi) is 6.65. The van der Waals surface area contributed by atoms with Gasteiger partial charge >= 0.3 is 0 Å². The minimum absolute atomic E-state index is 0.0321. The number of methoxy groups -OCH3 is 1. The molecule has 2 amide bonds. The van der Waals surface area contributed by atoms with Crippen LogP contribution < -0.4 is 4.74 Å². The first-order valence-corrected chi connectivity index (χ1v) is 12.6. The number of nitrogens with zero attached hydrogens (tertiary/aromatic N) is 4. The predicted octanol–water partition coefficient (Wildman–Crippen LogP) is 4.40. The van der Waals surface area contributed by atoms with Crippen LogP contribution in [0.15, 0.2) is 64.8 Å². The summed E-state index contributed by atoms with van der Waals surface area (Å²) in [6.45, 7) is 5.61. The van der Waals surface area contributed by atoms with Crippen molar-refractivity contribution in [3.63, 3.8) is 0 Å². The average Bonchev–Trinajstić information content (AvgIpc) is 3.33. The minimum atomic E-state index is -0.101. The summed E-state index contributed by atoms with van der Waals surface area (Å²) < 4.78 is 5.56. The molecule has 2 aromatic heterocycles. The Bertz CT molecular complexity index is 1430. The number of aromatic amines is 1. The van der Waals surface area contributed by atoms with E-state index in [2.05, 4.69) is 9.97 Å². The van der Waals surface area contributed by atoms with Gasteiger partial charge in [-0.1, -0.05) is 42.1 Å². The number of fused-ring (bicyclic) bond motifs is 1. The molecule has 1 aliphatic heterocycles. The standard InChI is InChI=1S/C27H27N5O3S/c1-17-13-22(35-3)20(27(34)32-11-9-31(10-12-32)18(2)33)14-23(17)36-24-16-29-26-25(30-24)21(15-28-26)19-7-5-4-6-8-19/h4-8,13-16H,9-12H2,1-3H3,(H,28,29). The van der Waals surface area contributed by atoms with Crippen molar-refractivity contribution in [3.05, 3.63) is 66.0 Å². The molecule has 3 heterocycles. The summed E-state index contributed by atoms with van der Waals surface area (Å²) in [7, 11) is 1.57. The molecule has 0 atom stereocenters. The molecule has 1 aliphatic rings. The molecule has 0 radical (unpaired) electrons. The minimum Gasteiger partial charge on any atom is -0.496 e. The Morgan fingerprint density at radius 2 is 1.78 bits per heavy atom. The zero-order valence-electron chi connectivity index (χ0n) is 20.4.